The maximum atomic E-state index is 12.0. The summed E-state index contributed by atoms with van der Waals surface area (Å²) in [6.07, 6.45) is 2.24. The van der Waals surface area contributed by atoms with Crippen molar-refractivity contribution < 1.29 is 14.3 Å². The molecular formula is C10H22ClN2O3P. The highest BCUT2D eigenvalue weighted by molar-refractivity contribution is 7.38. The Labute approximate surface area is 109 Å². The first-order valence-corrected chi connectivity index (χ1v) is 7.21. The van der Waals surface area contributed by atoms with Gasteiger partial charge in [0.15, 0.2) is 0 Å². The number of carbonyl (C=O) groups excluding carboxylic acids is 1. The molecule has 1 amide bonds. The molecule has 3 N–H and O–H groups in total. The van der Waals surface area contributed by atoms with Crippen molar-refractivity contribution in [1.82, 2.24) is 4.90 Å². The SMILES string of the molecule is CC[C@H](C)[C@H](N)C(=O)N1CCC[C@@H]1[PH](=O)O.Cl. The number of halogens is 1. The number of amides is 1. The highest BCUT2D eigenvalue weighted by Gasteiger charge is 2.35. The minimum Gasteiger partial charge on any atom is -0.345 e. The van der Waals surface area contributed by atoms with E-state index in [4.69, 9.17) is 10.6 Å². The summed E-state index contributed by atoms with van der Waals surface area (Å²) in [5.41, 5.74) is 5.85. The number of likely N-dealkylation sites (tertiary alicyclic amines) is 1. The molecule has 5 nitrogen and oxygen atoms in total. The molecule has 1 rings (SSSR count). The summed E-state index contributed by atoms with van der Waals surface area (Å²) in [7, 11) is -2.67. The quantitative estimate of drug-likeness (QED) is 0.760. The highest BCUT2D eigenvalue weighted by Crippen LogP contribution is 2.35. The summed E-state index contributed by atoms with van der Waals surface area (Å²) in [5.74, 6) is -0.563. The maximum absolute atomic E-state index is 12.0. The van der Waals surface area contributed by atoms with E-state index in [2.05, 4.69) is 0 Å². The Morgan fingerprint density at radius 3 is 2.71 bits per heavy atom. The molecule has 7 heteroatoms. The predicted octanol–water partition coefficient (Wildman–Crippen LogP) is 1.20. The first-order chi connectivity index (χ1) is 7.49. The Bertz CT molecular complexity index is 291. The number of rotatable bonds is 4. The van der Waals surface area contributed by atoms with Gasteiger partial charge in [0.1, 0.15) is 5.78 Å². The number of carbonyl (C=O) groups is 1. The van der Waals surface area contributed by atoms with Crippen LogP contribution in [0.2, 0.25) is 0 Å². The Kier molecular flexibility index (Phi) is 7.33. The number of hydrogen-bond donors (Lipinski definition) is 2. The van der Waals surface area contributed by atoms with Crippen molar-refractivity contribution >= 4 is 26.3 Å². The van der Waals surface area contributed by atoms with Gasteiger partial charge in [0.25, 0.3) is 0 Å². The third-order valence-corrected chi connectivity index (χ3v) is 4.53. The van der Waals surface area contributed by atoms with Gasteiger partial charge in [-0.1, -0.05) is 20.3 Å². The number of hydrogen-bond acceptors (Lipinski definition) is 3. The minimum atomic E-state index is -2.67. The fourth-order valence-electron chi connectivity index (χ4n) is 1.98. The van der Waals surface area contributed by atoms with Gasteiger partial charge in [0, 0.05) is 6.54 Å². The van der Waals surface area contributed by atoms with Crippen molar-refractivity contribution in [2.45, 2.75) is 44.9 Å². The van der Waals surface area contributed by atoms with Crippen LogP contribution in [0.1, 0.15) is 33.1 Å². The van der Waals surface area contributed by atoms with Crippen LogP contribution in [0.3, 0.4) is 0 Å². The van der Waals surface area contributed by atoms with E-state index in [1.807, 2.05) is 13.8 Å². The van der Waals surface area contributed by atoms with Crippen LogP contribution in [0.5, 0.6) is 0 Å². The third kappa shape index (κ3) is 3.95. The van der Waals surface area contributed by atoms with Crippen LogP contribution >= 0.6 is 20.4 Å². The molecule has 0 spiro atoms. The lowest BCUT2D eigenvalue weighted by molar-refractivity contribution is -0.133. The second kappa shape index (κ2) is 7.37. The molecule has 102 valence electrons. The Hall–Kier alpha value is -0.0900. The van der Waals surface area contributed by atoms with Gasteiger partial charge in [-0.2, -0.15) is 0 Å². The fraction of sp³-hybridized carbons (Fsp3) is 0.900. The predicted molar refractivity (Wildman–Crippen MR) is 70.6 cm³/mol. The van der Waals surface area contributed by atoms with Crippen molar-refractivity contribution in [3.05, 3.63) is 0 Å². The monoisotopic (exact) mass is 284 g/mol. The zero-order valence-electron chi connectivity index (χ0n) is 10.3. The summed E-state index contributed by atoms with van der Waals surface area (Å²) in [6, 6.07) is -0.549. The standard InChI is InChI=1S/C10H21N2O3P.ClH/c1-3-7(2)9(11)10(13)12-6-4-5-8(12)16(14)15;/h7-9,16H,3-6,11H2,1-2H3,(H,14,15);1H/t7-,8-,9-;/m0./s1. The molecule has 0 saturated carbocycles. The van der Waals surface area contributed by atoms with Gasteiger partial charge < -0.3 is 15.5 Å². The van der Waals surface area contributed by atoms with Gasteiger partial charge in [0.05, 0.1) is 6.04 Å². The Morgan fingerprint density at radius 1 is 1.65 bits per heavy atom. The molecule has 1 saturated heterocycles. The maximum Gasteiger partial charge on any atom is 0.240 e. The Balaban J connectivity index is 0.00000256. The summed E-state index contributed by atoms with van der Waals surface area (Å²) in [5, 5.41) is 0. The number of nitrogens with two attached hydrogens (primary N) is 1. The van der Waals surface area contributed by atoms with Gasteiger partial charge in [-0.25, -0.2) is 0 Å². The molecular weight excluding hydrogens is 263 g/mol. The van der Waals surface area contributed by atoms with Crippen molar-refractivity contribution in [3.8, 4) is 0 Å². The first kappa shape index (κ1) is 16.9. The van der Waals surface area contributed by atoms with E-state index in [9.17, 15) is 9.36 Å². The van der Waals surface area contributed by atoms with E-state index in [1.54, 1.807) is 0 Å². The zero-order valence-corrected chi connectivity index (χ0v) is 12.1. The molecule has 0 aromatic carbocycles. The number of nitrogens with zero attached hydrogens (tertiary/aromatic N) is 1. The van der Waals surface area contributed by atoms with Crippen LogP contribution in [0.4, 0.5) is 0 Å². The molecule has 0 bridgehead atoms. The summed E-state index contributed by atoms with van der Waals surface area (Å²) < 4.78 is 11.1. The van der Waals surface area contributed by atoms with E-state index in [0.717, 1.165) is 12.8 Å². The van der Waals surface area contributed by atoms with Crippen LogP contribution in [-0.4, -0.2) is 34.1 Å². The summed E-state index contributed by atoms with van der Waals surface area (Å²) >= 11 is 0. The van der Waals surface area contributed by atoms with Gasteiger partial charge in [-0.3, -0.25) is 9.36 Å². The molecule has 0 radical (unpaired) electrons. The second-order valence-electron chi connectivity index (χ2n) is 4.44. The fourth-order valence-corrected chi connectivity index (χ4v) is 2.95. The lowest BCUT2D eigenvalue weighted by Crippen LogP contribution is -2.48. The molecule has 1 unspecified atom stereocenters. The van der Waals surface area contributed by atoms with Gasteiger partial charge in [0.2, 0.25) is 13.9 Å². The van der Waals surface area contributed by atoms with Crippen LogP contribution in [0, 0.1) is 5.92 Å². The van der Waals surface area contributed by atoms with E-state index in [1.165, 1.54) is 4.90 Å². The van der Waals surface area contributed by atoms with E-state index < -0.39 is 19.9 Å². The molecule has 0 aliphatic carbocycles. The highest BCUT2D eigenvalue weighted by atomic mass is 35.5. The second-order valence-corrected chi connectivity index (χ2v) is 5.78. The van der Waals surface area contributed by atoms with Gasteiger partial charge in [-0.05, 0) is 18.8 Å². The molecule has 0 aromatic rings. The van der Waals surface area contributed by atoms with Crippen LogP contribution < -0.4 is 5.73 Å². The van der Waals surface area contributed by atoms with E-state index in [-0.39, 0.29) is 24.2 Å². The zero-order chi connectivity index (χ0) is 12.3. The van der Waals surface area contributed by atoms with Gasteiger partial charge >= 0.3 is 0 Å². The molecule has 4 atom stereocenters. The van der Waals surface area contributed by atoms with Gasteiger partial charge in [-0.15, -0.1) is 12.4 Å². The molecule has 1 fully saturated rings. The molecule has 0 aromatic heterocycles. The average Bonchev–Trinajstić information content (AvgIpc) is 2.74. The lowest BCUT2D eigenvalue weighted by atomic mass is 9.99. The van der Waals surface area contributed by atoms with Crippen LogP contribution in [-0.2, 0) is 9.36 Å². The summed E-state index contributed by atoms with van der Waals surface area (Å²) in [4.78, 5) is 22.7. The largest absolute Gasteiger partial charge is 0.345 e. The smallest absolute Gasteiger partial charge is 0.240 e. The lowest BCUT2D eigenvalue weighted by Gasteiger charge is -2.27. The topological polar surface area (TPSA) is 83.6 Å². The molecule has 1 heterocycles. The van der Waals surface area contributed by atoms with Crippen LogP contribution in [0.15, 0.2) is 0 Å². The van der Waals surface area contributed by atoms with Crippen molar-refractivity contribution in [1.29, 1.82) is 0 Å². The van der Waals surface area contributed by atoms with Crippen molar-refractivity contribution in [2.75, 3.05) is 6.54 Å². The first-order valence-electron chi connectivity index (χ1n) is 5.77. The van der Waals surface area contributed by atoms with Crippen molar-refractivity contribution in [3.63, 3.8) is 0 Å². The Morgan fingerprint density at radius 2 is 2.24 bits per heavy atom. The summed E-state index contributed by atoms with van der Waals surface area (Å²) in [6.45, 7) is 4.47. The molecule has 17 heavy (non-hydrogen) atoms. The molecule has 1 aliphatic rings. The van der Waals surface area contributed by atoms with Crippen molar-refractivity contribution in [2.24, 2.45) is 11.7 Å². The third-order valence-electron chi connectivity index (χ3n) is 3.36. The average molecular weight is 285 g/mol. The minimum absolute atomic E-state index is 0. The van der Waals surface area contributed by atoms with E-state index in [0.29, 0.717) is 13.0 Å². The normalized spacial score (nSPS) is 24.9. The van der Waals surface area contributed by atoms with E-state index >= 15 is 0 Å². The van der Waals surface area contributed by atoms with Crippen LogP contribution in [0.25, 0.3) is 0 Å². The molecule has 1 aliphatic heterocycles.